The summed E-state index contributed by atoms with van der Waals surface area (Å²) in [6, 6.07) is 15.1. The zero-order chi connectivity index (χ0) is 25.2. The van der Waals surface area contributed by atoms with E-state index in [1.54, 1.807) is 49.4 Å². The number of esters is 1. The average Bonchev–Trinajstić information content (AvgIpc) is 3.36. The number of halogens is 1. The van der Waals surface area contributed by atoms with E-state index in [1.165, 1.54) is 18.4 Å². The summed E-state index contributed by atoms with van der Waals surface area (Å²) in [7, 11) is 0. The third-order valence-corrected chi connectivity index (χ3v) is 4.89. The van der Waals surface area contributed by atoms with Crippen molar-refractivity contribution in [1.82, 2.24) is 5.32 Å². The molecule has 0 atom stereocenters. The van der Waals surface area contributed by atoms with Crippen molar-refractivity contribution in [2.45, 2.75) is 20.4 Å². The molecule has 0 fully saturated rings. The van der Waals surface area contributed by atoms with E-state index in [1.807, 2.05) is 13.0 Å². The second-order valence-electron chi connectivity index (χ2n) is 7.24. The number of carbonyl (C=O) groups is 2. The molecular weight excluding hydrogens is 472 g/mol. The van der Waals surface area contributed by atoms with Crippen LogP contribution >= 0.6 is 11.6 Å². The number of carbonyl (C=O) groups excluding carboxylic acids is 2. The Kier molecular flexibility index (Phi) is 8.93. The van der Waals surface area contributed by atoms with Crippen LogP contribution in [0, 0.1) is 18.3 Å². The predicted molar refractivity (Wildman–Crippen MR) is 129 cm³/mol. The third kappa shape index (κ3) is 7.39. The van der Waals surface area contributed by atoms with Crippen LogP contribution in [-0.4, -0.2) is 25.1 Å². The molecule has 1 aromatic heterocycles. The van der Waals surface area contributed by atoms with Crippen molar-refractivity contribution in [3.05, 3.63) is 82.3 Å². The lowest BCUT2D eigenvalue weighted by Gasteiger charge is -2.13. The van der Waals surface area contributed by atoms with Crippen LogP contribution in [0.2, 0.25) is 5.02 Å². The first-order valence-electron chi connectivity index (χ1n) is 10.7. The molecule has 0 saturated carbocycles. The van der Waals surface area contributed by atoms with Crippen LogP contribution in [0.15, 0.2) is 64.8 Å². The molecular formula is C26H23ClN2O6. The molecule has 0 bridgehead atoms. The van der Waals surface area contributed by atoms with Crippen molar-refractivity contribution in [2.75, 3.05) is 13.2 Å². The van der Waals surface area contributed by atoms with Gasteiger partial charge < -0.3 is 23.9 Å². The minimum absolute atomic E-state index is 0.101. The van der Waals surface area contributed by atoms with Gasteiger partial charge in [-0.05, 0) is 73.5 Å². The standard InChI is InChI=1S/C26H23ClN2O6/c1-3-32-24-13-18(12-19(14-28)26(31)29-15-21-5-4-10-33-21)6-8-23(24)35-25(30)16-34-22-9-7-20(27)11-17(22)2/h4-13H,3,15-16H2,1-2H3,(H,29,31)/b19-12+. The molecule has 1 N–H and O–H groups in total. The second-order valence-corrected chi connectivity index (χ2v) is 7.68. The summed E-state index contributed by atoms with van der Waals surface area (Å²) < 4.78 is 21.7. The highest BCUT2D eigenvalue weighted by atomic mass is 35.5. The molecule has 9 heteroatoms. The SMILES string of the molecule is CCOc1cc(/C=C(\C#N)C(=O)NCc2ccco2)ccc1OC(=O)COc1ccc(Cl)cc1C. The number of aryl methyl sites for hydroxylation is 1. The number of nitriles is 1. The molecule has 2 aromatic carbocycles. The smallest absolute Gasteiger partial charge is 0.349 e. The number of nitrogens with zero attached hydrogens (tertiary/aromatic N) is 1. The van der Waals surface area contributed by atoms with E-state index < -0.39 is 11.9 Å². The maximum atomic E-state index is 12.4. The number of furan rings is 1. The quantitative estimate of drug-likeness (QED) is 0.186. The van der Waals surface area contributed by atoms with E-state index in [-0.39, 0.29) is 30.2 Å². The van der Waals surface area contributed by atoms with Crippen molar-refractivity contribution < 1.29 is 28.2 Å². The van der Waals surface area contributed by atoms with Gasteiger partial charge in [0.15, 0.2) is 18.1 Å². The fourth-order valence-corrected chi connectivity index (χ4v) is 3.25. The van der Waals surface area contributed by atoms with Crippen molar-refractivity contribution in [1.29, 1.82) is 5.26 Å². The number of rotatable bonds is 10. The van der Waals surface area contributed by atoms with Gasteiger partial charge in [-0.2, -0.15) is 5.26 Å². The van der Waals surface area contributed by atoms with Gasteiger partial charge in [-0.1, -0.05) is 17.7 Å². The third-order valence-electron chi connectivity index (χ3n) is 4.65. The van der Waals surface area contributed by atoms with Crippen molar-refractivity contribution >= 4 is 29.6 Å². The molecule has 35 heavy (non-hydrogen) atoms. The van der Waals surface area contributed by atoms with Crippen LogP contribution in [0.1, 0.15) is 23.8 Å². The fourth-order valence-electron chi connectivity index (χ4n) is 3.02. The summed E-state index contributed by atoms with van der Waals surface area (Å²) in [5.41, 5.74) is 1.21. The Morgan fingerprint density at radius 1 is 1.11 bits per heavy atom. The van der Waals surface area contributed by atoms with E-state index in [0.29, 0.717) is 28.7 Å². The molecule has 0 spiro atoms. The average molecular weight is 495 g/mol. The molecule has 0 radical (unpaired) electrons. The highest BCUT2D eigenvalue weighted by Gasteiger charge is 2.14. The summed E-state index contributed by atoms with van der Waals surface area (Å²) in [6.07, 6.45) is 2.91. The van der Waals surface area contributed by atoms with Gasteiger partial charge in [-0.15, -0.1) is 0 Å². The lowest BCUT2D eigenvalue weighted by atomic mass is 10.1. The molecule has 1 heterocycles. The van der Waals surface area contributed by atoms with Gasteiger partial charge in [-0.25, -0.2) is 4.79 Å². The Balaban J connectivity index is 1.68. The molecule has 0 aliphatic rings. The molecule has 0 aliphatic heterocycles. The predicted octanol–water partition coefficient (Wildman–Crippen LogP) is 4.85. The van der Waals surface area contributed by atoms with Gasteiger partial charge in [0.1, 0.15) is 23.2 Å². The zero-order valence-corrected chi connectivity index (χ0v) is 19.9. The zero-order valence-electron chi connectivity index (χ0n) is 19.2. The molecule has 180 valence electrons. The topological polar surface area (TPSA) is 111 Å². The van der Waals surface area contributed by atoms with E-state index in [4.69, 9.17) is 30.2 Å². The van der Waals surface area contributed by atoms with E-state index in [9.17, 15) is 14.9 Å². The van der Waals surface area contributed by atoms with Gasteiger partial charge >= 0.3 is 5.97 Å². The van der Waals surface area contributed by atoms with E-state index in [2.05, 4.69) is 5.32 Å². The summed E-state index contributed by atoms with van der Waals surface area (Å²) in [4.78, 5) is 24.7. The monoisotopic (exact) mass is 494 g/mol. The van der Waals surface area contributed by atoms with Crippen molar-refractivity contribution in [2.24, 2.45) is 0 Å². The molecule has 3 rings (SSSR count). The lowest BCUT2D eigenvalue weighted by molar-refractivity contribution is -0.136. The lowest BCUT2D eigenvalue weighted by Crippen LogP contribution is -2.23. The maximum Gasteiger partial charge on any atom is 0.349 e. The Morgan fingerprint density at radius 2 is 1.91 bits per heavy atom. The Morgan fingerprint density at radius 3 is 2.60 bits per heavy atom. The first-order chi connectivity index (χ1) is 16.9. The highest BCUT2D eigenvalue weighted by molar-refractivity contribution is 6.30. The minimum atomic E-state index is -0.626. The number of hydrogen-bond donors (Lipinski definition) is 1. The minimum Gasteiger partial charge on any atom is -0.490 e. The van der Waals surface area contributed by atoms with Crippen LogP contribution in [0.3, 0.4) is 0 Å². The summed E-state index contributed by atoms with van der Waals surface area (Å²) >= 11 is 5.93. The van der Waals surface area contributed by atoms with E-state index >= 15 is 0 Å². The molecule has 8 nitrogen and oxygen atoms in total. The van der Waals surface area contributed by atoms with Crippen molar-refractivity contribution in [3.8, 4) is 23.3 Å². The summed E-state index contributed by atoms with van der Waals surface area (Å²) in [5.74, 6) is 0.379. The molecule has 3 aromatic rings. The van der Waals surface area contributed by atoms with Crippen molar-refractivity contribution in [3.63, 3.8) is 0 Å². The van der Waals surface area contributed by atoms with Gasteiger partial charge in [0.2, 0.25) is 0 Å². The van der Waals surface area contributed by atoms with Gasteiger partial charge in [0.25, 0.3) is 5.91 Å². The first kappa shape index (κ1) is 25.4. The molecule has 0 aliphatic carbocycles. The van der Waals surface area contributed by atoms with Crippen LogP contribution < -0.4 is 19.5 Å². The van der Waals surface area contributed by atoms with E-state index in [0.717, 1.165) is 5.56 Å². The largest absolute Gasteiger partial charge is 0.490 e. The fraction of sp³-hybridized carbons (Fsp3) is 0.192. The highest BCUT2D eigenvalue weighted by Crippen LogP contribution is 2.30. The maximum absolute atomic E-state index is 12.4. The number of benzene rings is 2. The van der Waals surface area contributed by atoms with Crippen LogP contribution in [0.5, 0.6) is 17.2 Å². The number of ether oxygens (including phenoxy) is 3. The summed E-state index contributed by atoms with van der Waals surface area (Å²) in [5, 5.41) is 12.6. The van der Waals surface area contributed by atoms with Gasteiger partial charge in [0.05, 0.1) is 19.4 Å². The van der Waals surface area contributed by atoms with Crippen LogP contribution in [0.4, 0.5) is 0 Å². The molecule has 1 amide bonds. The van der Waals surface area contributed by atoms with Gasteiger partial charge in [-0.3, -0.25) is 4.79 Å². The number of amides is 1. The Hall–Kier alpha value is -4.22. The Bertz CT molecular complexity index is 1260. The van der Waals surface area contributed by atoms with Gasteiger partial charge in [0, 0.05) is 5.02 Å². The molecule has 0 saturated heterocycles. The number of nitrogens with one attached hydrogen (secondary N) is 1. The second kappa shape index (κ2) is 12.3. The molecule has 0 unspecified atom stereocenters. The normalized spacial score (nSPS) is 10.9. The Labute approximate surface area is 207 Å². The summed E-state index contributed by atoms with van der Waals surface area (Å²) in [6.45, 7) is 3.75. The first-order valence-corrected chi connectivity index (χ1v) is 11.1. The number of hydrogen-bond acceptors (Lipinski definition) is 7. The van der Waals surface area contributed by atoms with Crippen LogP contribution in [-0.2, 0) is 16.1 Å². The van der Waals surface area contributed by atoms with Crippen LogP contribution in [0.25, 0.3) is 6.08 Å².